The number of carbonyl (C=O) groups excluding carboxylic acids is 1. The summed E-state index contributed by atoms with van der Waals surface area (Å²) in [5.74, 6) is 1.18. The topological polar surface area (TPSA) is 94.2 Å². The molecule has 0 fully saturated rings. The van der Waals surface area contributed by atoms with Crippen LogP contribution in [-0.4, -0.2) is 52.1 Å². The summed E-state index contributed by atoms with van der Waals surface area (Å²) in [6.45, 7) is 6.55. The second kappa shape index (κ2) is 8.76. The maximum Gasteiger partial charge on any atom is 0.253 e. The molecule has 0 spiro atoms. The van der Waals surface area contributed by atoms with Crippen LogP contribution in [0.15, 0.2) is 41.3 Å². The maximum absolute atomic E-state index is 13.0. The van der Waals surface area contributed by atoms with Gasteiger partial charge in [0, 0.05) is 24.7 Å². The van der Waals surface area contributed by atoms with E-state index in [1.165, 1.54) is 24.1 Å². The van der Waals surface area contributed by atoms with Crippen molar-refractivity contribution in [1.82, 2.24) is 9.62 Å². The average molecular weight is 449 g/mol. The minimum atomic E-state index is -3.89. The number of nitrogens with one attached hydrogen (secondary N) is 1. The molecule has 3 rings (SSSR count). The number of carbonyl (C=O) groups is 1. The summed E-state index contributed by atoms with van der Waals surface area (Å²) in [6.07, 6.45) is 0. The molecule has 31 heavy (non-hydrogen) atoms. The van der Waals surface area contributed by atoms with E-state index in [0.717, 1.165) is 5.56 Å². The lowest BCUT2D eigenvalue weighted by Crippen LogP contribution is -2.40. The van der Waals surface area contributed by atoms with Crippen molar-refractivity contribution in [2.75, 3.05) is 27.4 Å². The van der Waals surface area contributed by atoms with Crippen LogP contribution in [0.1, 0.15) is 36.7 Å². The largest absolute Gasteiger partial charge is 0.495 e. The number of hydrogen-bond acceptors (Lipinski definition) is 6. The minimum Gasteiger partial charge on any atom is -0.495 e. The summed E-state index contributed by atoms with van der Waals surface area (Å²) in [6, 6.07) is 9.91. The van der Waals surface area contributed by atoms with Crippen molar-refractivity contribution >= 4 is 15.9 Å². The maximum atomic E-state index is 13.0. The van der Waals surface area contributed by atoms with Crippen LogP contribution in [0.4, 0.5) is 0 Å². The summed E-state index contributed by atoms with van der Waals surface area (Å²) >= 11 is 0. The smallest absolute Gasteiger partial charge is 0.253 e. The number of sulfonamides is 1. The molecule has 0 unspecified atom stereocenters. The van der Waals surface area contributed by atoms with Crippen LogP contribution in [0.5, 0.6) is 17.2 Å². The lowest BCUT2D eigenvalue weighted by Gasteiger charge is -2.23. The predicted octanol–water partition coefficient (Wildman–Crippen LogP) is 2.82. The molecule has 0 radical (unpaired) electrons. The van der Waals surface area contributed by atoms with Crippen LogP contribution in [0.2, 0.25) is 0 Å². The van der Waals surface area contributed by atoms with Crippen molar-refractivity contribution in [1.29, 1.82) is 0 Å². The van der Waals surface area contributed by atoms with E-state index >= 15 is 0 Å². The van der Waals surface area contributed by atoms with Gasteiger partial charge in [0.1, 0.15) is 23.9 Å². The molecule has 168 valence electrons. The highest BCUT2D eigenvalue weighted by Crippen LogP contribution is 2.31. The first-order valence-electron chi connectivity index (χ1n) is 9.86. The van der Waals surface area contributed by atoms with Gasteiger partial charge in [-0.1, -0.05) is 6.07 Å². The van der Waals surface area contributed by atoms with E-state index in [9.17, 15) is 13.2 Å². The Kier molecular flexibility index (Phi) is 6.47. The number of nitrogens with zero attached hydrogens (tertiary/aromatic N) is 1. The Labute approximate surface area is 183 Å². The lowest BCUT2D eigenvalue weighted by molar-refractivity contribution is 0.0784. The molecule has 0 atom stereocenters. The van der Waals surface area contributed by atoms with Crippen LogP contribution in [0.3, 0.4) is 0 Å². The molecule has 0 saturated heterocycles. The van der Waals surface area contributed by atoms with E-state index in [1.807, 2.05) is 18.2 Å². The van der Waals surface area contributed by atoms with Gasteiger partial charge in [-0.2, -0.15) is 0 Å². The SMILES string of the molecule is COc1ccc(C(=O)N(C)Cc2ccc3c(c2)OCCO3)cc1S(=O)(=O)NC(C)(C)C. The Morgan fingerprint density at radius 3 is 2.42 bits per heavy atom. The molecule has 0 aliphatic carbocycles. The Hall–Kier alpha value is -2.78. The standard InChI is InChI=1S/C22H28N2O6S/c1-22(2,3)23-31(26,27)20-13-16(7-9-18(20)28-5)21(25)24(4)14-15-6-8-17-19(12-15)30-11-10-29-17/h6-9,12-13,23H,10-11,14H2,1-5H3. The van der Waals surface area contributed by atoms with Crippen LogP contribution in [0.25, 0.3) is 0 Å². The molecule has 0 bridgehead atoms. The van der Waals surface area contributed by atoms with E-state index in [0.29, 0.717) is 31.3 Å². The van der Waals surface area contributed by atoms with Crippen molar-refractivity contribution in [3.05, 3.63) is 47.5 Å². The van der Waals surface area contributed by atoms with Gasteiger partial charge in [0.2, 0.25) is 10.0 Å². The lowest BCUT2D eigenvalue weighted by atomic mass is 10.1. The van der Waals surface area contributed by atoms with Crippen LogP contribution < -0.4 is 18.9 Å². The zero-order chi connectivity index (χ0) is 22.8. The second-order valence-electron chi connectivity index (χ2n) is 8.36. The summed E-state index contributed by atoms with van der Waals surface area (Å²) in [5.41, 5.74) is 0.435. The number of benzene rings is 2. The quantitative estimate of drug-likeness (QED) is 0.730. The zero-order valence-electron chi connectivity index (χ0n) is 18.4. The van der Waals surface area contributed by atoms with Crippen molar-refractivity contribution in [2.45, 2.75) is 37.8 Å². The first-order chi connectivity index (χ1) is 14.5. The van der Waals surface area contributed by atoms with Crippen LogP contribution >= 0.6 is 0 Å². The number of ether oxygens (including phenoxy) is 3. The van der Waals surface area contributed by atoms with E-state index in [-0.39, 0.29) is 22.1 Å². The first kappa shape index (κ1) is 22.9. The van der Waals surface area contributed by atoms with Crippen molar-refractivity contribution < 1.29 is 27.4 Å². The normalized spacial score (nSPS) is 13.6. The number of fused-ring (bicyclic) bond motifs is 1. The van der Waals surface area contributed by atoms with Gasteiger partial charge in [-0.05, 0) is 56.7 Å². The third-order valence-electron chi connectivity index (χ3n) is 4.51. The highest BCUT2D eigenvalue weighted by atomic mass is 32.2. The molecule has 1 N–H and O–H groups in total. The van der Waals surface area contributed by atoms with Crippen molar-refractivity contribution in [3.63, 3.8) is 0 Å². The molecule has 1 amide bonds. The van der Waals surface area contributed by atoms with Gasteiger partial charge in [0.15, 0.2) is 11.5 Å². The molecule has 1 heterocycles. The van der Waals surface area contributed by atoms with Gasteiger partial charge in [0.25, 0.3) is 5.91 Å². The van der Waals surface area contributed by atoms with Gasteiger partial charge >= 0.3 is 0 Å². The molecule has 9 heteroatoms. The molecule has 1 aliphatic heterocycles. The van der Waals surface area contributed by atoms with Crippen LogP contribution in [-0.2, 0) is 16.6 Å². The Balaban J connectivity index is 1.84. The molecule has 2 aromatic rings. The number of hydrogen-bond donors (Lipinski definition) is 1. The number of rotatable bonds is 6. The molecule has 2 aromatic carbocycles. The number of methoxy groups -OCH3 is 1. The fraction of sp³-hybridized carbons (Fsp3) is 0.409. The Morgan fingerprint density at radius 1 is 1.10 bits per heavy atom. The van der Waals surface area contributed by atoms with Gasteiger partial charge in [0.05, 0.1) is 7.11 Å². The third kappa shape index (κ3) is 5.48. The van der Waals surface area contributed by atoms with Gasteiger partial charge in [-0.15, -0.1) is 0 Å². The van der Waals surface area contributed by atoms with Gasteiger partial charge in [-0.3, -0.25) is 4.79 Å². The summed E-state index contributed by atoms with van der Waals surface area (Å²) in [7, 11) is -0.840. The molecule has 1 aliphatic rings. The predicted molar refractivity (Wildman–Crippen MR) is 116 cm³/mol. The minimum absolute atomic E-state index is 0.0801. The molecule has 8 nitrogen and oxygen atoms in total. The molecular weight excluding hydrogens is 420 g/mol. The highest BCUT2D eigenvalue weighted by Gasteiger charge is 2.27. The summed E-state index contributed by atoms with van der Waals surface area (Å²) < 4.78 is 44.6. The molecule has 0 aromatic heterocycles. The fourth-order valence-corrected chi connectivity index (χ4v) is 4.84. The van der Waals surface area contributed by atoms with Gasteiger partial charge < -0.3 is 19.1 Å². The summed E-state index contributed by atoms with van der Waals surface area (Å²) in [4.78, 5) is 14.5. The first-order valence-corrected chi connectivity index (χ1v) is 11.3. The average Bonchev–Trinajstić information content (AvgIpc) is 2.71. The van der Waals surface area contributed by atoms with Gasteiger partial charge in [-0.25, -0.2) is 13.1 Å². The van der Waals surface area contributed by atoms with E-state index < -0.39 is 15.6 Å². The van der Waals surface area contributed by atoms with Crippen LogP contribution in [0, 0.1) is 0 Å². The van der Waals surface area contributed by atoms with E-state index in [2.05, 4.69) is 4.72 Å². The third-order valence-corrected chi connectivity index (χ3v) is 6.29. The number of amides is 1. The van der Waals surface area contributed by atoms with E-state index in [4.69, 9.17) is 14.2 Å². The summed E-state index contributed by atoms with van der Waals surface area (Å²) in [5, 5.41) is 0. The van der Waals surface area contributed by atoms with Crippen molar-refractivity contribution in [3.8, 4) is 17.2 Å². The van der Waals surface area contributed by atoms with E-state index in [1.54, 1.807) is 33.9 Å². The Bertz CT molecular complexity index is 1080. The molecule has 0 saturated carbocycles. The molecular formula is C22H28N2O6S. The second-order valence-corrected chi connectivity index (χ2v) is 10.0. The fourth-order valence-electron chi connectivity index (χ4n) is 3.23. The Morgan fingerprint density at radius 2 is 1.77 bits per heavy atom. The zero-order valence-corrected chi connectivity index (χ0v) is 19.2. The highest BCUT2D eigenvalue weighted by molar-refractivity contribution is 7.89. The van der Waals surface area contributed by atoms with Crippen molar-refractivity contribution in [2.24, 2.45) is 0 Å². The monoisotopic (exact) mass is 448 g/mol.